The van der Waals surface area contributed by atoms with Gasteiger partial charge in [-0.3, -0.25) is 4.98 Å². The van der Waals surface area contributed by atoms with Crippen LogP contribution in [0.15, 0.2) is 30.5 Å². The maximum atomic E-state index is 5.75. The van der Waals surface area contributed by atoms with Crippen molar-refractivity contribution in [1.82, 2.24) is 9.97 Å². The molecular formula is C10H8ClN4. The molecule has 3 N–H and O–H groups in total. The lowest BCUT2D eigenvalue weighted by atomic mass is 10.4. The van der Waals surface area contributed by atoms with Crippen LogP contribution >= 0.6 is 11.6 Å². The highest BCUT2D eigenvalue weighted by molar-refractivity contribution is 6.32. The molecule has 1 radical (unpaired) electrons. The molecule has 2 aromatic rings. The second kappa shape index (κ2) is 4.14. The minimum Gasteiger partial charge on any atom is -0.382 e. The Kier molecular flexibility index (Phi) is 2.69. The van der Waals surface area contributed by atoms with Crippen molar-refractivity contribution in [3.63, 3.8) is 0 Å². The van der Waals surface area contributed by atoms with Crippen LogP contribution in [0.1, 0.15) is 0 Å². The van der Waals surface area contributed by atoms with E-state index in [2.05, 4.69) is 21.5 Å². The molecule has 2 rings (SSSR count). The van der Waals surface area contributed by atoms with Crippen molar-refractivity contribution in [3.8, 4) is 0 Å². The first-order valence-corrected chi connectivity index (χ1v) is 4.65. The monoisotopic (exact) mass is 219 g/mol. The van der Waals surface area contributed by atoms with Gasteiger partial charge in [-0.15, -0.1) is 0 Å². The Morgan fingerprint density at radius 2 is 2.20 bits per heavy atom. The van der Waals surface area contributed by atoms with Crippen LogP contribution in [0.4, 0.5) is 17.3 Å². The number of hydrogen-bond acceptors (Lipinski definition) is 4. The number of nitrogens with zero attached hydrogens (tertiary/aromatic N) is 2. The molecule has 2 heterocycles. The molecule has 0 aromatic carbocycles. The molecule has 5 heteroatoms. The summed E-state index contributed by atoms with van der Waals surface area (Å²) < 4.78 is 0. The summed E-state index contributed by atoms with van der Waals surface area (Å²) in [5.74, 6) is 0.909. The summed E-state index contributed by atoms with van der Waals surface area (Å²) in [6.45, 7) is 0. The zero-order chi connectivity index (χ0) is 10.7. The highest BCUT2D eigenvalue weighted by atomic mass is 35.5. The molecule has 15 heavy (non-hydrogen) atoms. The summed E-state index contributed by atoms with van der Waals surface area (Å²) in [7, 11) is 0. The van der Waals surface area contributed by atoms with Gasteiger partial charge in [-0.25, -0.2) is 4.98 Å². The van der Waals surface area contributed by atoms with Gasteiger partial charge >= 0.3 is 0 Å². The van der Waals surface area contributed by atoms with Gasteiger partial charge in [0.05, 0.1) is 10.7 Å². The van der Waals surface area contributed by atoms with E-state index in [4.69, 9.17) is 17.3 Å². The predicted octanol–water partition coefficient (Wildman–Crippen LogP) is 2.26. The van der Waals surface area contributed by atoms with Crippen molar-refractivity contribution in [1.29, 1.82) is 0 Å². The maximum Gasteiger partial charge on any atom is 0.144 e. The lowest BCUT2D eigenvalue weighted by Gasteiger charge is -2.05. The zero-order valence-electron chi connectivity index (χ0n) is 7.74. The number of rotatable bonds is 2. The molecule has 0 aliphatic heterocycles. The van der Waals surface area contributed by atoms with Gasteiger partial charge < -0.3 is 11.1 Å². The number of aromatic nitrogens is 2. The van der Waals surface area contributed by atoms with E-state index in [0.717, 1.165) is 5.69 Å². The fourth-order valence-electron chi connectivity index (χ4n) is 1.06. The van der Waals surface area contributed by atoms with Crippen LogP contribution in [0.3, 0.4) is 0 Å². The summed E-state index contributed by atoms with van der Waals surface area (Å²) in [4.78, 5) is 7.90. The molecule has 75 valence electrons. The minimum atomic E-state index is 0.297. The number of pyridine rings is 2. The van der Waals surface area contributed by atoms with Crippen molar-refractivity contribution in [3.05, 3.63) is 41.7 Å². The van der Waals surface area contributed by atoms with Crippen LogP contribution in [-0.2, 0) is 0 Å². The number of anilines is 3. The Bertz CT molecular complexity index is 458. The normalized spacial score (nSPS) is 9.93. The van der Waals surface area contributed by atoms with E-state index in [1.807, 2.05) is 6.07 Å². The first kappa shape index (κ1) is 9.73. The second-order valence-corrected chi connectivity index (χ2v) is 3.26. The van der Waals surface area contributed by atoms with Crippen LogP contribution in [0.5, 0.6) is 0 Å². The van der Waals surface area contributed by atoms with E-state index < -0.39 is 0 Å². The van der Waals surface area contributed by atoms with Gasteiger partial charge in [0.15, 0.2) is 0 Å². The van der Waals surface area contributed by atoms with E-state index in [-0.39, 0.29) is 0 Å². The molecule has 0 atom stereocenters. The molecule has 0 saturated carbocycles. The summed E-state index contributed by atoms with van der Waals surface area (Å²) in [5, 5.41) is 3.44. The lowest BCUT2D eigenvalue weighted by Crippen LogP contribution is -1.97. The SMILES string of the molecule is Nc1nc(Nc2[c]nccc2)ccc1Cl. The quantitative estimate of drug-likeness (QED) is 0.813. The predicted molar refractivity (Wildman–Crippen MR) is 60.0 cm³/mol. The van der Waals surface area contributed by atoms with Gasteiger partial charge in [0.25, 0.3) is 0 Å². The van der Waals surface area contributed by atoms with E-state index in [1.54, 1.807) is 24.4 Å². The van der Waals surface area contributed by atoms with E-state index in [1.165, 1.54) is 0 Å². The third-order valence-corrected chi connectivity index (χ3v) is 2.06. The number of nitrogens with two attached hydrogens (primary N) is 1. The topological polar surface area (TPSA) is 63.8 Å². The Morgan fingerprint density at radius 3 is 2.87 bits per heavy atom. The summed E-state index contributed by atoms with van der Waals surface area (Å²) in [5.41, 5.74) is 6.29. The molecule has 0 bridgehead atoms. The van der Waals surface area contributed by atoms with Crippen molar-refractivity contribution in [2.24, 2.45) is 0 Å². The fraction of sp³-hybridized carbons (Fsp3) is 0. The number of hydrogen-bond donors (Lipinski definition) is 2. The first-order valence-electron chi connectivity index (χ1n) is 4.27. The Balaban J connectivity index is 2.22. The van der Waals surface area contributed by atoms with Gasteiger partial charge in [0.1, 0.15) is 17.8 Å². The lowest BCUT2D eigenvalue weighted by molar-refractivity contribution is 1.27. The van der Waals surface area contributed by atoms with Crippen molar-refractivity contribution < 1.29 is 0 Å². The van der Waals surface area contributed by atoms with Gasteiger partial charge in [-0.2, -0.15) is 0 Å². The summed E-state index contributed by atoms with van der Waals surface area (Å²) >= 11 is 5.75. The minimum absolute atomic E-state index is 0.297. The van der Waals surface area contributed by atoms with Crippen molar-refractivity contribution in [2.75, 3.05) is 11.1 Å². The van der Waals surface area contributed by atoms with Crippen LogP contribution < -0.4 is 11.1 Å². The molecule has 0 saturated heterocycles. The van der Waals surface area contributed by atoms with Crippen LogP contribution in [0.2, 0.25) is 5.02 Å². The van der Waals surface area contributed by atoms with Crippen molar-refractivity contribution >= 4 is 28.9 Å². The molecule has 0 unspecified atom stereocenters. The summed E-state index contributed by atoms with van der Waals surface area (Å²) in [6.07, 6.45) is 4.42. The smallest absolute Gasteiger partial charge is 0.144 e. The van der Waals surface area contributed by atoms with Crippen LogP contribution in [-0.4, -0.2) is 9.97 Å². The average Bonchev–Trinajstić information content (AvgIpc) is 2.25. The molecule has 0 fully saturated rings. The van der Waals surface area contributed by atoms with Crippen molar-refractivity contribution in [2.45, 2.75) is 0 Å². The Labute approximate surface area is 92.1 Å². The number of halogens is 1. The molecule has 0 amide bonds. The standard InChI is InChI=1S/C10H8ClN4/c11-8-3-4-9(15-10(8)12)14-7-2-1-5-13-6-7/h1-5H,(H3,12,14,15). The number of nitrogens with one attached hydrogen (secondary N) is 1. The average molecular weight is 220 g/mol. The van der Waals surface area contributed by atoms with Crippen LogP contribution in [0.25, 0.3) is 0 Å². The number of nitrogen functional groups attached to an aromatic ring is 1. The zero-order valence-corrected chi connectivity index (χ0v) is 8.49. The second-order valence-electron chi connectivity index (χ2n) is 2.85. The molecule has 0 aliphatic carbocycles. The molecule has 0 aliphatic rings. The van der Waals surface area contributed by atoms with E-state index in [9.17, 15) is 0 Å². The highest BCUT2D eigenvalue weighted by Crippen LogP contribution is 2.20. The van der Waals surface area contributed by atoms with Crippen LogP contribution in [0, 0.1) is 6.20 Å². The largest absolute Gasteiger partial charge is 0.382 e. The van der Waals surface area contributed by atoms with Gasteiger partial charge in [0.2, 0.25) is 0 Å². The molecule has 0 spiro atoms. The fourth-order valence-corrected chi connectivity index (χ4v) is 1.17. The van der Waals surface area contributed by atoms with Gasteiger partial charge in [-0.1, -0.05) is 11.6 Å². The third-order valence-electron chi connectivity index (χ3n) is 1.74. The Morgan fingerprint density at radius 1 is 1.33 bits per heavy atom. The summed E-state index contributed by atoms with van der Waals surface area (Å²) in [6, 6.07) is 7.06. The van der Waals surface area contributed by atoms with Gasteiger partial charge in [0, 0.05) is 6.20 Å². The highest BCUT2D eigenvalue weighted by Gasteiger charge is 2.00. The molecule has 2 aromatic heterocycles. The first-order chi connectivity index (χ1) is 7.25. The molecule has 4 nitrogen and oxygen atoms in total. The van der Waals surface area contributed by atoms with Gasteiger partial charge in [-0.05, 0) is 24.3 Å². The maximum absolute atomic E-state index is 5.75. The van der Waals surface area contributed by atoms with E-state index >= 15 is 0 Å². The van der Waals surface area contributed by atoms with E-state index in [0.29, 0.717) is 16.7 Å². The third kappa shape index (κ3) is 2.35. The molecular weight excluding hydrogens is 212 g/mol. The Hall–Kier alpha value is -1.81.